The summed E-state index contributed by atoms with van der Waals surface area (Å²) in [4.78, 5) is 20.5. The molecule has 0 fully saturated rings. The first-order chi connectivity index (χ1) is 8.65. The number of carbonyl (C=O) groups excluding carboxylic acids is 1. The minimum atomic E-state index is -0.332. The van der Waals surface area contributed by atoms with Gasteiger partial charge in [-0.3, -0.25) is 9.97 Å². The fraction of sp³-hybridized carbons (Fsp3) is 0.357. The maximum atomic E-state index is 11.9. The maximum Gasteiger partial charge on any atom is 0.340 e. The third kappa shape index (κ3) is 2.18. The minimum absolute atomic E-state index is 0.185. The lowest BCUT2D eigenvalue weighted by molar-refractivity contribution is 0.0524. The Labute approximate surface area is 106 Å². The van der Waals surface area contributed by atoms with Crippen molar-refractivity contribution in [3.63, 3.8) is 0 Å². The third-order valence-electron chi connectivity index (χ3n) is 2.74. The van der Waals surface area contributed by atoms with Gasteiger partial charge in [0.15, 0.2) is 0 Å². The van der Waals surface area contributed by atoms with Crippen LogP contribution >= 0.6 is 0 Å². The summed E-state index contributed by atoms with van der Waals surface area (Å²) in [7, 11) is 0. The van der Waals surface area contributed by atoms with Crippen LogP contribution in [0.5, 0.6) is 0 Å². The first-order valence-corrected chi connectivity index (χ1v) is 6.06. The highest BCUT2D eigenvalue weighted by molar-refractivity contribution is 5.96. The van der Waals surface area contributed by atoms with Crippen LogP contribution in [0.15, 0.2) is 24.5 Å². The number of aromatic nitrogens is 2. The number of nitrogens with zero attached hydrogens (tertiary/aromatic N) is 2. The molecule has 0 aromatic carbocycles. The quantitative estimate of drug-likeness (QED) is 0.779. The van der Waals surface area contributed by atoms with Crippen molar-refractivity contribution in [1.29, 1.82) is 0 Å². The molecule has 0 spiro atoms. The lowest BCUT2D eigenvalue weighted by atomic mass is 9.97. The van der Waals surface area contributed by atoms with Gasteiger partial charge < -0.3 is 4.74 Å². The van der Waals surface area contributed by atoms with Gasteiger partial charge in [-0.05, 0) is 30.5 Å². The summed E-state index contributed by atoms with van der Waals surface area (Å²) in [5.41, 5.74) is 2.99. The second-order valence-corrected chi connectivity index (χ2v) is 4.33. The lowest BCUT2D eigenvalue weighted by Gasteiger charge is -2.13. The molecule has 2 rings (SSSR count). The van der Waals surface area contributed by atoms with Crippen LogP contribution in [0, 0.1) is 0 Å². The van der Waals surface area contributed by atoms with Gasteiger partial charge in [-0.25, -0.2) is 4.79 Å². The molecule has 0 aliphatic rings. The number of pyridine rings is 2. The number of esters is 1. The Morgan fingerprint density at radius 2 is 2.17 bits per heavy atom. The first-order valence-electron chi connectivity index (χ1n) is 6.06. The van der Waals surface area contributed by atoms with Gasteiger partial charge in [0.05, 0.1) is 23.2 Å². The van der Waals surface area contributed by atoms with Crippen molar-refractivity contribution in [2.24, 2.45) is 0 Å². The van der Waals surface area contributed by atoms with Crippen LogP contribution in [0.4, 0.5) is 0 Å². The second-order valence-electron chi connectivity index (χ2n) is 4.33. The molecule has 0 aliphatic carbocycles. The normalized spacial score (nSPS) is 10.9. The predicted molar refractivity (Wildman–Crippen MR) is 69.6 cm³/mol. The largest absolute Gasteiger partial charge is 0.462 e. The number of hydrogen-bond donors (Lipinski definition) is 0. The third-order valence-corrected chi connectivity index (χ3v) is 2.74. The summed E-state index contributed by atoms with van der Waals surface area (Å²) in [5.74, 6) is -0.147. The van der Waals surface area contributed by atoms with Crippen LogP contribution in [0.2, 0.25) is 0 Å². The molecule has 4 nitrogen and oxygen atoms in total. The van der Waals surface area contributed by atoms with Gasteiger partial charge in [0.25, 0.3) is 0 Å². The van der Waals surface area contributed by atoms with E-state index in [0.717, 1.165) is 16.6 Å². The fourth-order valence-corrected chi connectivity index (χ4v) is 2.00. The van der Waals surface area contributed by atoms with Gasteiger partial charge in [-0.1, -0.05) is 13.8 Å². The molecule has 0 saturated carbocycles. The van der Waals surface area contributed by atoms with Gasteiger partial charge in [-0.2, -0.15) is 0 Å². The van der Waals surface area contributed by atoms with E-state index in [1.54, 1.807) is 19.3 Å². The topological polar surface area (TPSA) is 52.1 Å². The Balaban J connectivity index is 2.66. The second kappa shape index (κ2) is 5.12. The molecule has 0 amide bonds. The van der Waals surface area contributed by atoms with Crippen LogP contribution in [-0.4, -0.2) is 22.5 Å². The predicted octanol–water partition coefficient (Wildman–Crippen LogP) is 2.93. The van der Waals surface area contributed by atoms with Crippen molar-refractivity contribution >= 4 is 17.0 Å². The molecule has 2 heterocycles. The molecular formula is C14H16N2O2. The van der Waals surface area contributed by atoms with E-state index in [0.29, 0.717) is 12.2 Å². The van der Waals surface area contributed by atoms with Crippen molar-refractivity contribution in [2.45, 2.75) is 26.7 Å². The van der Waals surface area contributed by atoms with Gasteiger partial charge in [-0.15, -0.1) is 0 Å². The van der Waals surface area contributed by atoms with Crippen molar-refractivity contribution in [1.82, 2.24) is 9.97 Å². The first kappa shape index (κ1) is 12.5. The summed E-state index contributed by atoms with van der Waals surface area (Å²) < 4.78 is 5.06. The van der Waals surface area contributed by atoms with Crippen molar-refractivity contribution < 1.29 is 9.53 Å². The van der Waals surface area contributed by atoms with Crippen molar-refractivity contribution in [2.75, 3.05) is 6.61 Å². The van der Waals surface area contributed by atoms with Gasteiger partial charge in [0, 0.05) is 12.4 Å². The van der Waals surface area contributed by atoms with E-state index < -0.39 is 0 Å². The van der Waals surface area contributed by atoms with Crippen LogP contribution in [0.1, 0.15) is 42.6 Å². The minimum Gasteiger partial charge on any atom is -0.462 e. The van der Waals surface area contributed by atoms with Crippen LogP contribution in [0.25, 0.3) is 11.0 Å². The highest BCUT2D eigenvalue weighted by Crippen LogP contribution is 2.26. The smallest absolute Gasteiger partial charge is 0.340 e. The zero-order valence-electron chi connectivity index (χ0n) is 10.8. The number of ether oxygens (including phenoxy) is 1. The summed E-state index contributed by atoms with van der Waals surface area (Å²) in [6.45, 7) is 6.22. The molecule has 94 valence electrons. The summed E-state index contributed by atoms with van der Waals surface area (Å²) >= 11 is 0. The standard InChI is InChI=1S/C14H16N2O2/c1-4-18-14(17)10-8-16-11-6-5-7-15-13(11)12(10)9(2)3/h5-9H,4H2,1-3H3. The molecule has 0 aliphatic heterocycles. The molecular weight excluding hydrogens is 228 g/mol. The van der Waals surface area contributed by atoms with E-state index in [4.69, 9.17) is 4.74 Å². The van der Waals surface area contributed by atoms with Gasteiger partial charge >= 0.3 is 5.97 Å². The summed E-state index contributed by atoms with van der Waals surface area (Å²) in [6.07, 6.45) is 3.29. The molecule has 0 N–H and O–H groups in total. The Kier molecular flexibility index (Phi) is 3.55. The Bertz CT molecular complexity index is 579. The molecule has 0 saturated heterocycles. The number of carbonyl (C=O) groups is 1. The average Bonchev–Trinajstić information content (AvgIpc) is 2.37. The summed E-state index contributed by atoms with van der Waals surface area (Å²) in [5, 5.41) is 0. The average molecular weight is 244 g/mol. The molecule has 2 aromatic heterocycles. The molecule has 0 atom stereocenters. The highest BCUT2D eigenvalue weighted by Gasteiger charge is 2.19. The molecule has 2 aromatic rings. The van der Waals surface area contributed by atoms with E-state index in [1.807, 2.05) is 26.0 Å². The monoisotopic (exact) mass is 244 g/mol. The molecule has 4 heteroatoms. The van der Waals surface area contributed by atoms with Crippen LogP contribution in [0.3, 0.4) is 0 Å². The van der Waals surface area contributed by atoms with Crippen molar-refractivity contribution in [3.05, 3.63) is 35.7 Å². The van der Waals surface area contributed by atoms with Gasteiger partial charge in [0.2, 0.25) is 0 Å². The SMILES string of the molecule is CCOC(=O)c1cnc2cccnc2c1C(C)C. The molecule has 0 unspecified atom stereocenters. The highest BCUT2D eigenvalue weighted by atomic mass is 16.5. The summed E-state index contributed by atoms with van der Waals surface area (Å²) in [6, 6.07) is 3.73. The van der Waals surface area contributed by atoms with E-state index in [1.165, 1.54) is 0 Å². The van der Waals surface area contributed by atoms with E-state index in [9.17, 15) is 4.79 Å². The van der Waals surface area contributed by atoms with Crippen molar-refractivity contribution in [3.8, 4) is 0 Å². The fourth-order valence-electron chi connectivity index (χ4n) is 2.00. The van der Waals surface area contributed by atoms with Gasteiger partial charge in [0.1, 0.15) is 0 Å². The van der Waals surface area contributed by atoms with E-state index >= 15 is 0 Å². The lowest BCUT2D eigenvalue weighted by Crippen LogP contribution is -2.11. The number of fused-ring (bicyclic) bond motifs is 1. The maximum absolute atomic E-state index is 11.9. The zero-order valence-corrected chi connectivity index (χ0v) is 10.8. The number of rotatable bonds is 3. The van der Waals surface area contributed by atoms with Crippen LogP contribution in [-0.2, 0) is 4.74 Å². The zero-order chi connectivity index (χ0) is 13.1. The van der Waals surface area contributed by atoms with Crippen LogP contribution < -0.4 is 0 Å². The van der Waals surface area contributed by atoms with E-state index in [-0.39, 0.29) is 11.9 Å². The molecule has 18 heavy (non-hydrogen) atoms. The Morgan fingerprint density at radius 1 is 1.39 bits per heavy atom. The Morgan fingerprint density at radius 3 is 2.83 bits per heavy atom. The van der Waals surface area contributed by atoms with E-state index in [2.05, 4.69) is 9.97 Å². The molecule has 0 bridgehead atoms. The Hall–Kier alpha value is -1.97. The molecule has 0 radical (unpaired) electrons. The number of hydrogen-bond acceptors (Lipinski definition) is 4.